The molecule has 2 N–H and O–H groups in total. The molecule has 0 aliphatic carbocycles. The second kappa shape index (κ2) is 10.0. The number of rotatable bonds is 7. The molecule has 0 saturated carbocycles. The van der Waals surface area contributed by atoms with Crippen LogP contribution in [0.15, 0.2) is 24.3 Å². The molecular formula is C19H28N2O8S. The molecule has 0 radical (unpaired) electrons. The van der Waals surface area contributed by atoms with Gasteiger partial charge in [0, 0.05) is 19.7 Å². The SMILES string of the molecule is COc1ccc(COC2CCN(S(=O)(=O)C3CCOCC3C(=O)N(O)O)CC2)cc1. The van der Waals surface area contributed by atoms with Crippen molar-refractivity contribution in [2.24, 2.45) is 5.92 Å². The summed E-state index contributed by atoms with van der Waals surface area (Å²) < 4.78 is 43.8. The number of piperidine rings is 1. The van der Waals surface area contributed by atoms with E-state index in [4.69, 9.17) is 24.6 Å². The van der Waals surface area contributed by atoms with Crippen molar-refractivity contribution in [1.29, 1.82) is 0 Å². The fourth-order valence-electron chi connectivity index (χ4n) is 3.83. The maximum Gasteiger partial charge on any atom is 0.279 e. The molecule has 0 spiro atoms. The summed E-state index contributed by atoms with van der Waals surface area (Å²) in [6.45, 7) is 1.04. The highest BCUT2D eigenvalue weighted by Gasteiger charge is 2.45. The van der Waals surface area contributed by atoms with Crippen LogP contribution in [0.25, 0.3) is 0 Å². The van der Waals surface area contributed by atoms with Gasteiger partial charge in [0.05, 0.1) is 37.6 Å². The normalized spacial score (nSPS) is 23.8. The third-order valence-electron chi connectivity index (χ3n) is 5.60. The Morgan fingerprint density at radius 3 is 2.47 bits per heavy atom. The van der Waals surface area contributed by atoms with Gasteiger partial charge >= 0.3 is 0 Å². The zero-order valence-corrected chi connectivity index (χ0v) is 17.7. The van der Waals surface area contributed by atoms with Crippen LogP contribution < -0.4 is 4.74 Å². The number of nitrogens with zero attached hydrogens (tertiary/aromatic N) is 2. The molecule has 2 heterocycles. The zero-order valence-electron chi connectivity index (χ0n) is 16.8. The van der Waals surface area contributed by atoms with Gasteiger partial charge in [-0.05, 0) is 37.0 Å². The van der Waals surface area contributed by atoms with Crippen molar-refractivity contribution >= 4 is 15.9 Å². The summed E-state index contributed by atoms with van der Waals surface area (Å²) in [6.07, 6.45) is 1.16. The van der Waals surface area contributed by atoms with E-state index in [9.17, 15) is 13.2 Å². The fraction of sp³-hybridized carbons (Fsp3) is 0.632. The van der Waals surface area contributed by atoms with E-state index in [0.717, 1.165) is 11.3 Å². The van der Waals surface area contributed by atoms with Crippen molar-refractivity contribution in [2.75, 3.05) is 33.4 Å². The number of methoxy groups -OCH3 is 1. The number of ether oxygens (including phenoxy) is 3. The van der Waals surface area contributed by atoms with E-state index in [0.29, 0.717) is 19.4 Å². The third-order valence-corrected chi connectivity index (χ3v) is 8.01. The van der Waals surface area contributed by atoms with Gasteiger partial charge in [0.15, 0.2) is 0 Å². The van der Waals surface area contributed by atoms with E-state index < -0.39 is 32.3 Å². The van der Waals surface area contributed by atoms with Crippen LogP contribution in [-0.4, -0.2) is 79.0 Å². The van der Waals surface area contributed by atoms with Gasteiger partial charge in [-0.15, -0.1) is 0 Å². The quantitative estimate of drug-likeness (QED) is 0.472. The summed E-state index contributed by atoms with van der Waals surface area (Å²) in [5.74, 6) is -1.46. The van der Waals surface area contributed by atoms with E-state index in [-0.39, 0.29) is 38.8 Å². The van der Waals surface area contributed by atoms with Crippen molar-refractivity contribution < 1.29 is 37.8 Å². The molecule has 10 nitrogen and oxygen atoms in total. The summed E-state index contributed by atoms with van der Waals surface area (Å²) in [7, 11) is -2.19. The van der Waals surface area contributed by atoms with E-state index in [1.54, 1.807) is 7.11 Å². The number of benzene rings is 1. The highest BCUT2D eigenvalue weighted by Crippen LogP contribution is 2.29. The first-order chi connectivity index (χ1) is 14.3. The molecule has 3 rings (SSSR count). The maximum atomic E-state index is 13.1. The average molecular weight is 445 g/mol. The number of hydrogen-bond acceptors (Lipinski definition) is 8. The highest BCUT2D eigenvalue weighted by atomic mass is 32.2. The number of amides is 1. The topological polar surface area (TPSA) is 126 Å². The summed E-state index contributed by atoms with van der Waals surface area (Å²) in [5.41, 5.74) is 1.01. The molecule has 11 heteroatoms. The van der Waals surface area contributed by atoms with Crippen LogP contribution in [0.1, 0.15) is 24.8 Å². The monoisotopic (exact) mass is 444 g/mol. The molecule has 1 aromatic carbocycles. The Bertz CT molecular complexity index is 806. The fourth-order valence-corrected chi connectivity index (χ4v) is 5.94. The second-order valence-electron chi connectivity index (χ2n) is 7.44. The number of sulfonamides is 1. The largest absolute Gasteiger partial charge is 0.497 e. The summed E-state index contributed by atoms with van der Waals surface area (Å²) in [4.78, 5) is 12.0. The summed E-state index contributed by atoms with van der Waals surface area (Å²) >= 11 is 0. The number of carbonyl (C=O) groups is 1. The van der Waals surface area contributed by atoms with Gasteiger partial charge in [0.1, 0.15) is 5.75 Å². The predicted molar refractivity (Wildman–Crippen MR) is 104 cm³/mol. The predicted octanol–water partition coefficient (Wildman–Crippen LogP) is 1.02. The third kappa shape index (κ3) is 5.29. The Morgan fingerprint density at radius 2 is 1.87 bits per heavy atom. The van der Waals surface area contributed by atoms with Crippen molar-refractivity contribution in [2.45, 2.75) is 37.2 Å². The van der Waals surface area contributed by atoms with Crippen LogP contribution in [-0.2, 0) is 30.9 Å². The van der Waals surface area contributed by atoms with Crippen molar-refractivity contribution in [3.8, 4) is 5.75 Å². The van der Waals surface area contributed by atoms with Gasteiger partial charge < -0.3 is 14.2 Å². The highest BCUT2D eigenvalue weighted by molar-refractivity contribution is 7.89. The van der Waals surface area contributed by atoms with Gasteiger partial charge in [0.25, 0.3) is 5.91 Å². The molecule has 2 saturated heterocycles. The molecule has 2 aliphatic heterocycles. The summed E-state index contributed by atoms with van der Waals surface area (Å²) in [5, 5.41) is 16.5. The first-order valence-corrected chi connectivity index (χ1v) is 11.4. The van der Waals surface area contributed by atoms with E-state index >= 15 is 0 Å². The van der Waals surface area contributed by atoms with Crippen LogP contribution in [0.3, 0.4) is 0 Å². The van der Waals surface area contributed by atoms with Gasteiger partial charge in [0.2, 0.25) is 10.0 Å². The van der Waals surface area contributed by atoms with E-state index in [1.165, 1.54) is 4.31 Å². The van der Waals surface area contributed by atoms with Crippen LogP contribution in [0.2, 0.25) is 0 Å². The zero-order chi connectivity index (χ0) is 21.7. The first-order valence-electron chi connectivity index (χ1n) is 9.86. The Labute approximate surface area is 175 Å². The number of hydroxylamine groups is 2. The standard InChI is InChI=1S/C19H28N2O8S/c1-27-15-4-2-14(3-5-15)12-29-16-6-9-20(10-7-16)30(25,26)18-8-11-28-13-17(18)19(22)21(23)24/h2-5,16-18,23-24H,6-13H2,1H3. The minimum Gasteiger partial charge on any atom is -0.497 e. The lowest BCUT2D eigenvalue weighted by Gasteiger charge is -2.37. The minimum atomic E-state index is -3.80. The van der Waals surface area contributed by atoms with Gasteiger partial charge in [-0.25, -0.2) is 12.7 Å². The lowest BCUT2D eigenvalue weighted by molar-refractivity contribution is -0.289. The Hall–Kier alpha value is -1.76. The molecule has 2 unspecified atom stereocenters. The molecule has 1 amide bonds. The molecule has 0 aromatic heterocycles. The molecule has 2 aliphatic rings. The average Bonchev–Trinajstić information content (AvgIpc) is 2.77. The smallest absolute Gasteiger partial charge is 0.279 e. The van der Waals surface area contributed by atoms with Crippen LogP contribution in [0, 0.1) is 5.92 Å². The lowest BCUT2D eigenvalue weighted by Crippen LogP contribution is -2.53. The minimum absolute atomic E-state index is 0.0592. The Balaban J connectivity index is 1.55. The molecule has 30 heavy (non-hydrogen) atoms. The number of carbonyl (C=O) groups excluding carboxylic acids is 1. The van der Waals surface area contributed by atoms with Crippen molar-refractivity contribution in [1.82, 2.24) is 9.53 Å². The van der Waals surface area contributed by atoms with Gasteiger partial charge in [-0.1, -0.05) is 17.4 Å². The number of hydrogen-bond donors (Lipinski definition) is 2. The molecule has 2 fully saturated rings. The Morgan fingerprint density at radius 1 is 1.20 bits per heavy atom. The maximum absolute atomic E-state index is 13.1. The molecule has 2 atom stereocenters. The van der Waals surface area contributed by atoms with Crippen LogP contribution >= 0.6 is 0 Å². The lowest BCUT2D eigenvalue weighted by atomic mass is 10.0. The first kappa shape index (κ1) is 22.9. The molecule has 168 valence electrons. The van der Waals surface area contributed by atoms with Crippen LogP contribution in [0.5, 0.6) is 5.75 Å². The summed E-state index contributed by atoms with van der Waals surface area (Å²) in [6, 6.07) is 7.57. The van der Waals surface area contributed by atoms with Crippen molar-refractivity contribution in [3.63, 3.8) is 0 Å². The van der Waals surface area contributed by atoms with Gasteiger partial charge in [-0.3, -0.25) is 15.2 Å². The van der Waals surface area contributed by atoms with E-state index in [2.05, 4.69) is 0 Å². The van der Waals surface area contributed by atoms with Gasteiger partial charge in [-0.2, -0.15) is 0 Å². The Kier molecular flexibility index (Phi) is 7.66. The van der Waals surface area contributed by atoms with Crippen LogP contribution in [0.4, 0.5) is 0 Å². The molecular weight excluding hydrogens is 416 g/mol. The van der Waals surface area contributed by atoms with Crippen molar-refractivity contribution in [3.05, 3.63) is 29.8 Å². The van der Waals surface area contributed by atoms with E-state index in [1.807, 2.05) is 24.3 Å². The molecule has 1 aromatic rings. The molecule has 0 bridgehead atoms. The second-order valence-corrected chi connectivity index (χ2v) is 9.59.